The van der Waals surface area contributed by atoms with Gasteiger partial charge in [0, 0.05) is 49.6 Å². The third-order valence-electron chi connectivity index (χ3n) is 8.53. The number of hydrogen-bond acceptors (Lipinski definition) is 11. The van der Waals surface area contributed by atoms with Crippen molar-refractivity contribution in [3.05, 3.63) is 113 Å². The highest BCUT2D eigenvalue weighted by Crippen LogP contribution is 2.31. The van der Waals surface area contributed by atoms with Gasteiger partial charge in [-0.1, -0.05) is 10.6 Å². The van der Waals surface area contributed by atoms with E-state index in [1.165, 1.54) is 31.0 Å². The van der Waals surface area contributed by atoms with Crippen molar-refractivity contribution in [2.75, 3.05) is 23.9 Å². The Labute approximate surface area is 325 Å². The minimum atomic E-state index is -5.03. The molecule has 6 amide bonds. The van der Waals surface area contributed by atoms with Crippen molar-refractivity contribution in [3.8, 4) is 0 Å². The molecule has 0 saturated carbocycles. The van der Waals surface area contributed by atoms with E-state index in [2.05, 4.69) is 25.1 Å². The summed E-state index contributed by atoms with van der Waals surface area (Å²) in [4.78, 5) is 55.5. The van der Waals surface area contributed by atoms with E-state index in [0.29, 0.717) is 40.3 Å². The van der Waals surface area contributed by atoms with Gasteiger partial charge in [0.2, 0.25) is 11.8 Å². The fraction of sp³-hybridized carbons (Fsp3) is 0.200. The van der Waals surface area contributed by atoms with Gasteiger partial charge < -0.3 is 15.1 Å². The number of benzene rings is 4. The Hall–Kier alpha value is -6.39. The molecule has 16 nitrogen and oxygen atoms in total. The molecule has 6 rings (SSSR count). The van der Waals surface area contributed by atoms with Gasteiger partial charge in [0.25, 0.3) is 0 Å². The molecule has 0 radical (unpaired) electrons. The summed E-state index contributed by atoms with van der Waals surface area (Å²) >= 11 is 1.10. The van der Waals surface area contributed by atoms with Crippen LogP contribution in [0.5, 0.6) is 0 Å². The van der Waals surface area contributed by atoms with Crippen LogP contribution in [0, 0.1) is 23.3 Å². The quantitative estimate of drug-likeness (QED) is 0.131. The number of likely N-dealkylation sites (N-methyl/N-ethyl adjacent to an activating group) is 2. The number of hydrogen-bond donors (Lipinski definition) is 4. The third-order valence-corrected chi connectivity index (χ3v) is 10.3. The first-order chi connectivity index (χ1) is 27.0. The van der Waals surface area contributed by atoms with Crippen molar-refractivity contribution in [2.45, 2.75) is 31.5 Å². The maximum absolute atomic E-state index is 14.1. The van der Waals surface area contributed by atoms with Gasteiger partial charge in [-0.15, -0.1) is 5.10 Å². The van der Waals surface area contributed by atoms with E-state index in [0.717, 1.165) is 51.2 Å². The van der Waals surface area contributed by atoms with Crippen LogP contribution in [0.3, 0.4) is 0 Å². The molecule has 0 fully saturated rings. The molecule has 2 heterocycles. The number of fused-ring (bicyclic) bond motifs is 2. The third kappa shape index (κ3) is 10.1. The largest absolute Gasteiger partial charge is 0.337 e. The van der Waals surface area contributed by atoms with Gasteiger partial charge >= 0.3 is 22.3 Å². The van der Waals surface area contributed by atoms with Crippen LogP contribution in [0.1, 0.15) is 16.7 Å². The molecule has 1 aromatic heterocycles. The molecule has 22 heteroatoms. The Morgan fingerprint density at radius 3 is 1.95 bits per heavy atom. The van der Waals surface area contributed by atoms with Crippen LogP contribution in [0.25, 0.3) is 10.2 Å². The lowest BCUT2D eigenvalue weighted by Gasteiger charge is -2.25. The molecule has 4 aromatic carbocycles. The number of amides is 6. The molecule has 4 N–H and O–H groups in total. The molecule has 2 atom stereocenters. The number of aromatic nitrogens is 2. The summed E-state index contributed by atoms with van der Waals surface area (Å²) in [7, 11) is -2.36. The summed E-state index contributed by atoms with van der Waals surface area (Å²) in [5, 5.41) is 15.8. The highest BCUT2D eigenvalue weighted by atomic mass is 32.2. The highest BCUT2D eigenvalue weighted by molar-refractivity contribution is 7.88. The lowest BCUT2D eigenvalue weighted by molar-refractivity contribution is -0.120. The number of azo groups is 1. The molecule has 1 aliphatic heterocycles. The highest BCUT2D eigenvalue weighted by Gasteiger charge is 2.31. The van der Waals surface area contributed by atoms with E-state index in [-0.39, 0.29) is 16.8 Å². The minimum absolute atomic E-state index is 0.0411. The number of anilines is 2. The van der Waals surface area contributed by atoms with Gasteiger partial charge in [0.15, 0.2) is 0 Å². The van der Waals surface area contributed by atoms with E-state index in [4.69, 9.17) is 0 Å². The zero-order valence-electron chi connectivity index (χ0n) is 29.7. The number of urea groups is 2. The Morgan fingerprint density at radius 2 is 1.32 bits per heavy atom. The lowest BCUT2D eigenvalue weighted by atomic mass is 10.0. The predicted molar refractivity (Wildman–Crippen MR) is 199 cm³/mol. The van der Waals surface area contributed by atoms with Crippen molar-refractivity contribution in [3.63, 3.8) is 0 Å². The van der Waals surface area contributed by atoms with Crippen LogP contribution in [0.15, 0.2) is 83.0 Å². The molecular weight excluding hydrogens is 797 g/mol. The van der Waals surface area contributed by atoms with E-state index in [1.807, 2.05) is 4.72 Å². The van der Waals surface area contributed by atoms with Crippen LogP contribution >= 0.6 is 11.5 Å². The van der Waals surface area contributed by atoms with E-state index in [1.54, 1.807) is 29.6 Å². The molecule has 0 unspecified atom stereocenters. The zero-order valence-corrected chi connectivity index (χ0v) is 31.3. The number of nitrogens with zero attached hydrogens (tertiary/aromatic N) is 6. The van der Waals surface area contributed by atoms with Gasteiger partial charge in [-0.3, -0.25) is 14.9 Å². The van der Waals surface area contributed by atoms with Gasteiger partial charge in [-0.2, -0.15) is 23.4 Å². The number of rotatable bonds is 12. The molecule has 0 saturated heterocycles. The number of halogens is 4. The van der Waals surface area contributed by atoms with Crippen LogP contribution in [-0.4, -0.2) is 68.1 Å². The molecule has 57 heavy (non-hydrogen) atoms. The van der Waals surface area contributed by atoms with Gasteiger partial charge in [-0.05, 0) is 83.7 Å². The molecular formula is C35H30F4N10O6S2. The summed E-state index contributed by atoms with van der Waals surface area (Å²) in [5.74, 6) is -5.64. The van der Waals surface area contributed by atoms with Crippen LogP contribution in [0.4, 0.5) is 44.2 Å². The van der Waals surface area contributed by atoms with E-state index in [9.17, 15) is 45.2 Å². The average Bonchev–Trinajstić information content (AvgIpc) is 3.81. The molecule has 0 aliphatic carbocycles. The fourth-order valence-electron chi connectivity index (χ4n) is 5.85. The average molecular weight is 827 g/mol. The van der Waals surface area contributed by atoms with Gasteiger partial charge in [-0.25, -0.2) is 31.9 Å². The predicted octanol–water partition coefficient (Wildman–Crippen LogP) is 4.54. The van der Waals surface area contributed by atoms with E-state index >= 15 is 0 Å². The smallest absolute Gasteiger partial charge is 0.326 e. The Morgan fingerprint density at radius 1 is 0.754 bits per heavy atom. The molecule has 5 aromatic rings. The van der Waals surface area contributed by atoms with Crippen molar-refractivity contribution in [1.82, 2.24) is 29.7 Å². The SMILES string of the molecule is CN(C(=O)[C@H](Cc1cc(F)cc(F)c1)NC(=O)NC(=O)NS(=O)(=O)N[C@@H](Cc1cc(F)cc(F)c1)C(=O)N(C)c1ccc2snnc2c1)c1ccc2c(c1)N=NC2. The number of carbonyl (C=O) groups excluding carboxylic acids is 4. The fourth-order valence-corrected chi connectivity index (χ4v) is 7.30. The van der Waals surface area contributed by atoms with Crippen molar-refractivity contribution in [1.29, 1.82) is 0 Å². The second-order valence-corrected chi connectivity index (χ2v) is 14.9. The number of nitrogens with one attached hydrogen (secondary N) is 4. The monoisotopic (exact) mass is 826 g/mol. The Bertz CT molecular complexity index is 2500. The standard InChI is InChI=1S/C35H30F4N10O6S2/c1-48(25-4-3-20-17-40-43-27(20)15-25)32(50)29(11-18-7-21(36)13-22(37)8-18)41-34(52)42-35(53)46-57(54,55)45-30(12-19-9-23(38)14-24(39)10-19)33(51)49(2)26-5-6-31-28(16-26)44-47-56-31/h3-10,13-16,29-30,45H,11-12,17H2,1-2H3,(H3,41,42,46,52,53)/t29-,30-/m0/s1. The second kappa shape index (κ2) is 16.8. The zero-order chi connectivity index (χ0) is 41.0. The first-order valence-corrected chi connectivity index (χ1v) is 18.9. The number of imide groups is 1. The normalized spacial score (nSPS) is 13.1. The summed E-state index contributed by atoms with van der Waals surface area (Å²) in [6, 6.07) is 7.95. The molecule has 1 aliphatic rings. The summed E-state index contributed by atoms with van der Waals surface area (Å²) < 4.78 is 90.8. The second-order valence-electron chi connectivity index (χ2n) is 12.7. The first-order valence-electron chi connectivity index (χ1n) is 16.6. The van der Waals surface area contributed by atoms with Crippen LogP contribution < -0.4 is 29.9 Å². The first kappa shape index (κ1) is 40.3. The van der Waals surface area contributed by atoms with Crippen molar-refractivity contribution < 1.29 is 45.2 Å². The van der Waals surface area contributed by atoms with Gasteiger partial charge in [0.1, 0.15) is 40.9 Å². The molecule has 296 valence electrons. The summed E-state index contributed by atoms with van der Waals surface area (Å²) in [6.45, 7) is 0.347. The molecule has 0 spiro atoms. The summed E-state index contributed by atoms with van der Waals surface area (Å²) in [5.41, 5.74) is 2.16. The molecule has 0 bridgehead atoms. The minimum Gasteiger partial charge on any atom is -0.326 e. The van der Waals surface area contributed by atoms with E-state index < -0.39 is 82.3 Å². The topological polar surface area (TPSA) is 208 Å². The van der Waals surface area contributed by atoms with Crippen LogP contribution in [-0.2, 0) is 39.2 Å². The Kier molecular flexibility index (Phi) is 11.8. The Balaban J connectivity index is 1.17. The van der Waals surface area contributed by atoms with Gasteiger partial charge in [0.05, 0.1) is 16.9 Å². The number of carbonyl (C=O) groups is 4. The maximum Gasteiger partial charge on any atom is 0.337 e. The maximum atomic E-state index is 14.1. The summed E-state index contributed by atoms with van der Waals surface area (Å²) in [6.07, 6.45) is -1.06. The lowest BCUT2D eigenvalue weighted by Crippen LogP contribution is -2.57. The van der Waals surface area contributed by atoms with Crippen molar-refractivity contribution >= 4 is 72.9 Å². The van der Waals surface area contributed by atoms with Crippen molar-refractivity contribution in [2.24, 2.45) is 10.2 Å². The van der Waals surface area contributed by atoms with Crippen LogP contribution in [0.2, 0.25) is 0 Å².